The van der Waals surface area contributed by atoms with Crippen LogP contribution in [0.15, 0.2) is 24.3 Å². The Morgan fingerprint density at radius 1 is 1.09 bits per heavy atom. The molecule has 0 bridgehead atoms. The number of rotatable bonds is 4. The minimum atomic E-state index is -0.438. The number of benzene rings is 1. The van der Waals surface area contributed by atoms with Gasteiger partial charge in [0.15, 0.2) is 0 Å². The molecule has 6 nitrogen and oxygen atoms in total. The van der Waals surface area contributed by atoms with Gasteiger partial charge in [-0.05, 0) is 6.07 Å². The molecule has 1 aromatic rings. The van der Waals surface area contributed by atoms with Crippen LogP contribution in [0.3, 0.4) is 0 Å². The first-order valence-electron chi connectivity index (χ1n) is 7.51. The smallest absolute Gasteiger partial charge is 0.232 e. The average Bonchev–Trinajstić information content (AvgIpc) is 2.54. The van der Waals surface area contributed by atoms with E-state index in [1.54, 1.807) is 28.0 Å². The molecular weight excluding hydrogens is 301 g/mol. The van der Waals surface area contributed by atoms with Gasteiger partial charge in [-0.2, -0.15) is 0 Å². The zero-order chi connectivity index (χ0) is 16.8. The van der Waals surface area contributed by atoms with E-state index in [9.17, 15) is 18.8 Å². The summed E-state index contributed by atoms with van der Waals surface area (Å²) in [6.45, 7) is 3.37. The summed E-state index contributed by atoms with van der Waals surface area (Å²) >= 11 is 0. The highest BCUT2D eigenvalue weighted by Crippen LogP contribution is 2.07. The topological polar surface area (TPSA) is 69.7 Å². The van der Waals surface area contributed by atoms with Gasteiger partial charge in [0, 0.05) is 45.2 Å². The SMILES string of the molecule is CC(=O)N1CCN(C(=O)CC(=O)NCc2ccccc2F)CC1. The number of carbonyl (C=O) groups excluding carboxylic acids is 3. The Hall–Kier alpha value is -2.44. The Morgan fingerprint density at radius 2 is 1.70 bits per heavy atom. The highest BCUT2D eigenvalue weighted by atomic mass is 19.1. The van der Waals surface area contributed by atoms with Crippen LogP contribution in [-0.4, -0.2) is 53.7 Å². The van der Waals surface area contributed by atoms with Gasteiger partial charge >= 0.3 is 0 Å². The van der Waals surface area contributed by atoms with Crippen molar-refractivity contribution in [3.8, 4) is 0 Å². The van der Waals surface area contributed by atoms with Gasteiger partial charge in [0.1, 0.15) is 12.2 Å². The maximum atomic E-state index is 13.4. The lowest BCUT2D eigenvalue weighted by molar-refractivity contribution is -0.141. The summed E-state index contributed by atoms with van der Waals surface area (Å²) in [6.07, 6.45) is -0.269. The molecule has 0 spiro atoms. The summed E-state index contributed by atoms with van der Waals surface area (Å²) in [5.41, 5.74) is 0.378. The fraction of sp³-hybridized carbons (Fsp3) is 0.438. The molecule has 3 amide bonds. The van der Waals surface area contributed by atoms with E-state index < -0.39 is 5.91 Å². The Labute approximate surface area is 134 Å². The van der Waals surface area contributed by atoms with E-state index in [1.807, 2.05) is 0 Å². The predicted molar refractivity (Wildman–Crippen MR) is 81.7 cm³/mol. The molecule has 0 saturated carbocycles. The molecule has 0 unspecified atom stereocenters. The van der Waals surface area contributed by atoms with E-state index in [4.69, 9.17) is 0 Å². The number of carbonyl (C=O) groups is 3. The van der Waals surface area contributed by atoms with Gasteiger partial charge < -0.3 is 15.1 Å². The summed E-state index contributed by atoms with van der Waals surface area (Å²) in [7, 11) is 0. The number of hydrogen-bond donors (Lipinski definition) is 1. The quantitative estimate of drug-likeness (QED) is 0.822. The zero-order valence-electron chi connectivity index (χ0n) is 13.0. The molecule has 0 radical (unpaired) electrons. The molecule has 0 atom stereocenters. The van der Waals surface area contributed by atoms with Crippen LogP contribution in [0.4, 0.5) is 4.39 Å². The lowest BCUT2D eigenvalue weighted by Crippen LogP contribution is -2.50. The first kappa shape index (κ1) is 16.9. The van der Waals surface area contributed by atoms with Crippen molar-refractivity contribution in [3.05, 3.63) is 35.6 Å². The molecule has 7 heteroatoms. The van der Waals surface area contributed by atoms with Gasteiger partial charge in [-0.3, -0.25) is 14.4 Å². The van der Waals surface area contributed by atoms with Crippen LogP contribution in [0.2, 0.25) is 0 Å². The van der Waals surface area contributed by atoms with Crippen molar-refractivity contribution < 1.29 is 18.8 Å². The van der Waals surface area contributed by atoms with Crippen molar-refractivity contribution >= 4 is 17.7 Å². The molecule has 1 aliphatic rings. The van der Waals surface area contributed by atoms with Crippen LogP contribution in [0.1, 0.15) is 18.9 Å². The summed E-state index contributed by atoms with van der Waals surface area (Å²) < 4.78 is 13.4. The second-order valence-electron chi connectivity index (χ2n) is 5.43. The van der Waals surface area contributed by atoms with Crippen molar-refractivity contribution in [2.75, 3.05) is 26.2 Å². The molecule has 124 valence electrons. The summed E-state index contributed by atoms with van der Waals surface area (Å²) in [4.78, 5) is 38.3. The third-order valence-electron chi connectivity index (χ3n) is 3.82. The number of nitrogens with zero attached hydrogens (tertiary/aromatic N) is 2. The number of halogens is 1. The number of nitrogens with one attached hydrogen (secondary N) is 1. The Kier molecular flexibility index (Phi) is 5.67. The molecule has 1 aromatic carbocycles. The van der Waals surface area contributed by atoms with Crippen molar-refractivity contribution in [1.82, 2.24) is 15.1 Å². The zero-order valence-corrected chi connectivity index (χ0v) is 13.0. The maximum absolute atomic E-state index is 13.4. The second-order valence-corrected chi connectivity index (χ2v) is 5.43. The van der Waals surface area contributed by atoms with Gasteiger partial charge in [-0.25, -0.2) is 4.39 Å². The van der Waals surface area contributed by atoms with Gasteiger partial charge in [0.2, 0.25) is 17.7 Å². The minimum Gasteiger partial charge on any atom is -0.351 e. The molecule has 0 aliphatic carbocycles. The summed E-state index contributed by atoms with van der Waals surface area (Å²) in [6, 6.07) is 6.16. The molecule has 2 rings (SSSR count). The third kappa shape index (κ3) is 4.77. The van der Waals surface area contributed by atoms with Crippen molar-refractivity contribution in [3.63, 3.8) is 0 Å². The van der Waals surface area contributed by atoms with Gasteiger partial charge in [-0.15, -0.1) is 0 Å². The van der Waals surface area contributed by atoms with Gasteiger partial charge in [-0.1, -0.05) is 18.2 Å². The predicted octanol–water partition coefficient (Wildman–Crippen LogP) is 0.523. The average molecular weight is 321 g/mol. The number of piperazine rings is 1. The van der Waals surface area contributed by atoms with Crippen LogP contribution >= 0.6 is 0 Å². The molecular formula is C16H20FN3O3. The third-order valence-corrected chi connectivity index (χ3v) is 3.82. The lowest BCUT2D eigenvalue weighted by Gasteiger charge is -2.34. The molecule has 23 heavy (non-hydrogen) atoms. The van der Waals surface area contributed by atoms with E-state index in [0.29, 0.717) is 31.7 Å². The van der Waals surface area contributed by atoms with Crippen molar-refractivity contribution in [1.29, 1.82) is 0 Å². The maximum Gasteiger partial charge on any atom is 0.232 e. The molecule has 1 fully saturated rings. The van der Waals surface area contributed by atoms with Crippen molar-refractivity contribution in [2.24, 2.45) is 0 Å². The Balaban J connectivity index is 1.76. The standard InChI is InChI=1S/C16H20FN3O3/c1-12(21)19-6-8-20(9-7-19)16(23)10-15(22)18-11-13-4-2-3-5-14(13)17/h2-5H,6-11H2,1H3,(H,18,22). The first-order chi connectivity index (χ1) is 11.0. The number of amides is 3. The Bertz CT molecular complexity index is 598. The van der Waals surface area contributed by atoms with Gasteiger partial charge in [0.05, 0.1) is 0 Å². The van der Waals surface area contributed by atoms with Crippen LogP contribution in [0.25, 0.3) is 0 Å². The molecule has 1 aliphatic heterocycles. The summed E-state index contributed by atoms with van der Waals surface area (Å²) in [5.74, 6) is -1.12. The largest absolute Gasteiger partial charge is 0.351 e. The first-order valence-corrected chi connectivity index (χ1v) is 7.51. The Morgan fingerprint density at radius 3 is 2.30 bits per heavy atom. The van der Waals surface area contributed by atoms with Crippen LogP contribution in [0.5, 0.6) is 0 Å². The van der Waals surface area contributed by atoms with E-state index >= 15 is 0 Å². The van der Waals surface area contributed by atoms with Crippen molar-refractivity contribution in [2.45, 2.75) is 19.9 Å². The lowest BCUT2D eigenvalue weighted by atomic mass is 10.2. The van der Waals surface area contributed by atoms with E-state index in [1.165, 1.54) is 13.0 Å². The van der Waals surface area contributed by atoms with E-state index in [0.717, 1.165) is 0 Å². The fourth-order valence-corrected chi connectivity index (χ4v) is 2.42. The molecule has 1 heterocycles. The number of hydrogen-bond acceptors (Lipinski definition) is 3. The van der Waals surface area contributed by atoms with E-state index in [-0.39, 0.29) is 30.6 Å². The van der Waals surface area contributed by atoms with Crippen LogP contribution in [-0.2, 0) is 20.9 Å². The van der Waals surface area contributed by atoms with Crippen LogP contribution in [0, 0.1) is 5.82 Å². The minimum absolute atomic E-state index is 0.0141. The fourth-order valence-electron chi connectivity index (χ4n) is 2.42. The van der Waals surface area contributed by atoms with Gasteiger partial charge in [0.25, 0.3) is 0 Å². The highest BCUT2D eigenvalue weighted by Gasteiger charge is 2.23. The highest BCUT2D eigenvalue weighted by molar-refractivity contribution is 5.96. The second kappa shape index (κ2) is 7.71. The monoisotopic (exact) mass is 321 g/mol. The summed E-state index contributed by atoms with van der Waals surface area (Å²) in [5, 5.41) is 2.55. The molecule has 0 aromatic heterocycles. The van der Waals surface area contributed by atoms with Crippen LogP contribution < -0.4 is 5.32 Å². The normalized spacial score (nSPS) is 14.5. The molecule has 1 N–H and O–H groups in total. The molecule has 1 saturated heterocycles. The van der Waals surface area contributed by atoms with E-state index in [2.05, 4.69) is 5.32 Å².